The Bertz CT molecular complexity index is 886. The molecule has 0 atom stereocenters. The summed E-state index contributed by atoms with van der Waals surface area (Å²) in [6, 6.07) is 16.6. The fraction of sp³-hybridized carbons (Fsp3) is 0.118. The van der Waals surface area contributed by atoms with E-state index in [2.05, 4.69) is 15.2 Å². The molecule has 1 amide bonds. The minimum Gasteiger partial charge on any atom is -0.444 e. The number of aromatic nitrogens is 3. The number of para-hydroxylation sites is 1. The Morgan fingerprint density at radius 3 is 2.54 bits per heavy atom. The second-order valence-corrected chi connectivity index (χ2v) is 5.14. The third-order valence-corrected chi connectivity index (χ3v) is 3.50. The molecule has 24 heavy (non-hydrogen) atoms. The van der Waals surface area contributed by atoms with Gasteiger partial charge in [0.05, 0.1) is 5.69 Å². The summed E-state index contributed by atoms with van der Waals surface area (Å²) in [7, 11) is 1.61. The second-order valence-electron chi connectivity index (χ2n) is 5.14. The molecule has 0 spiro atoms. The molecule has 0 aliphatic rings. The van der Waals surface area contributed by atoms with E-state index in [4.69, 9.17) is 4.74 Å². The number of nitrogens with zero attached hydrogens (tertiary/aromatic N) is 2. The number of hydrogen-bond acceptors (Lipinski definition) is 4. The Balaban J connectivity index is 1.78. The highest BCUT2D eigenvalue weighted by atomic mass is 16.6. The molecule has 1 aromatic heterocycles. The van der Waals surface area contributed by atoms with Crippen LogP contribution in [0, 0.1) is 0 Å². The van der Waals surface area contributed by atoms with Crippen LogP contribution in [0.15, 0.2) is 59.4 Å². The van der Waals surface area contributed by atoms with E-state index in [0.717, 1.165) is 5.56 Å². The fourth-order valence-electron chi connectivity index (χ4n) is 2.28. The summed E-state index contributed by atoms with van der Waals surface area (Å²) in [5.41, 5.74) is 1.70. The molecule has 0 fully saturated rings. The molecule has 122 valence electrons. The van der Waals surface area contributed by atoms with E-state index in [1.807, 2.05) is 30.3 Å². The standard InChI is InChI=1S/C17H16N4O3/c1-21(17(23)24-11-12-7-3-2-4-8-12)14-10-6-5-9-13(14)15-18-16(22)20-19-15/h2-10H,11H2,1H3,(H2,18,19,20,22). The van der Waals surface area contributed by atoms with Gasteiger partial charge in [-0.15, -0.1) is 0 Å². The molecule has 7 heteroatoms. The highest BCUT2D eigenvalue weighted by Crippen LogP contribution is 2.27. The van der Waals surface area contributed by atoms with Crippen LogP contribution in [0.4, 0.5) is 10.5 Å². The summed E-state index contributed by atoms with van der Waals surface area (Å²) in [6.45, 7) is 0.186. The summed E-state index contributed by atoms with van der Waals surface area (Å²) in [5.74, 6) is 0.360. The van der Waals surface area contributed by atoms with Crippen LogP contribution in [-0.2, 0) is 11.3 Å². The van der Waals surface area contributed by atoms with Crippen molar-refractivity contribution in [1.82, 2.24) is 15.2 Å². The van der Waals surface area contributed by atoms with Crippen molar-refractivity contribution < 1.29 is 9.53 Å². The Morgan fingerprint density at radius 1 is 1.12 bits per heavy atom. The summed E-state index contributed by atoms with van der Waals surface area (Å²) in [4.78, 5) is 27.5. The molecule has 0 aliphatic heterocycles. The lowest BCUT2D eigenvalue weighted by Crippen LogP contribution is -2.27. The number of H-pyrrole nitrogens is 2. The molecule has 0 radical (unpaired) electrons. The summed E-state index contributed by atoms with van der Waals surface area (Å²) >= 11 is 0. The minimum atomic E-state index is -0.496. The van der Waals surface area contributed by atoms with Gasteiger partial charge in [-0.05, 0) is 17.7 Å². The van der Waals surface area contributed by atoms with Crippen molar-refractivity contribution >= 4 is 11.8 Å². The van der Waals surface area contributed by atoms with Gasteiger partial charge in [0.2, 0.25) is 0 Å². The van der Waals surface area contributed by atoms with E-state index < -0.39 is 11.8 Å². The Labute approximate surface area is 137 Å². The van der Waals surface area contributed by atoms with Gasteiger partial charge in [0.25, 0.3) is 0 Å². The number of hydrogen-bond donors (Lipinski definition) is 2. The molecule has 0 unspecified atom stereocenters. The number of nitrogens with one attached hydrogen (secondary N) is 2. The highest BCUT2D eigenvalue weighted by Gasteiger charge is 2.18. The molecular weight excluding hydrogens is 308 g/mol. The van der Waals surface area contributed by atoms with E-state index in [0.29, 0.717) is 17.1 Å². The van der Waals surface area contributed by atoms with E-state index >= 15 is 0 Å². The smallest absolute Gasteiger partial charge is 0.414 e. The Morgan fingerprint density at radius 2 is 1.83 bits per heavy atom. The number of ether oxygens (including phenoxy) is 1. The van der Waals surface area contributed by atoms with Crippen molar-refractivity contribution in [3.8, 4) is 11.4 Å². The molecule has 7 nitrogen and oxygen atoms in total. The van der Waals surface area contributed by atoms with Crippen LogP contribution in [0.2, 0.25) is 0 Å². The largest absolute Gasteiger partial charge is 0.444 e. The lowest BCUT2D eigenvalue weighted by Gasteiger charge is -2.19. The summed E-state index contributed by atoms with van der Waals surface area (Å²) in [6.07, 6.45) is -0.496. The molecule has 3 aromatic rings. The van der Waals surface area contributed by atoms with Gasteiger partial charge >= 0.3 is 11.8 Å². The van der Waals surface area contributed by atoms with Crippen LogP contribution in [0.5, 0.6) is 0 Å². The highest BCUT2D eigenvalue weighted by molar-refractivity contribution is 5.92. The van der Waals surface area contributed by atoms with Crippen molar-refractivity contribution in [3.05, 3.63) is 70.6 Å². The van der Waals surface area contributed by atoms with Crippen LogP contribution in [0.3, 0.4) is 0 Å². The monoisotopic (exact) mass is 324 g/mol. The van der Waals surface area contributed by atoms with E-state index in [9.17, 15) is 9.59 Å². The van der Waals surface area contributed by atoms with Gasteiger partial charge in [0.15, 0.2) is 5.82 Å². The zero-order valence-electron chi connectivity index (χ0n) is 13.0. The maximum atomic E-state index is 12.3. The zero-order valence-corrected chi connectivity index (χ0v) is 13.0. The molecular formula is C17H16N4O3. The maximum Gasteiger partial charge on any atom is 0.414 e. The van der Waals surface area contributed by atoms with Crippen LogP contribution < -0.4 is 10.6 Å². The first-order valence-electron chi connectivity index (χ1n) is 7.33. The number of aromatic amines is 2. The number of anilines is 1. The first-order valence-corrected chi connectivity index (χ1v) is 7.33. The van der Waals surface area contributed by atoms with Gasteiger partial charge in [0, 0.05) is 12.6 Å². The van der Waals surface area contributed by atoms with Crippen LogP contribution in [0.25, 0.3) is 11.4 Å². The lowest BCUT2D eigenvalue weighted by atomic mass is 10.1. The van der Waals surface area contributed by atoms with Crippen molar-refractivity contribution in [2.75, 3.05) is 11.9 Å². The molecule has 0 aliphatic carbocycles. The Hall–Kier alpha value is -3.35. The third-order valence-electron chi connectivity index (χ3n) is 3.50. The van der Waals surface area contributed by atoms with Crippen LogP contribution in [0.1, 0.15) is 5.56 Å². The Kier molecular flexibility index (Phi) is 4.42. The van der Waals surface area contributed by atoms with Gasteiger partial charge < -0.3 is 4.74 Å². The quantitative estimate of drug-likeness (QED) is 0.771. The minimum absolute atomic E-state index is 0.186. The van der Waals surface area contributed by atoms with Crippen LogP contribution >= 0.6 is 0 Å². The number of carbonyl (C=O) groups excluding carboxylic acids is 1. The average Bonchev–Trinajstić information content (AvgIpc) is 3.06. The van der Waals surface area contributed by atoms with Crippen LogP contribution in [-0.4, -0.2) is 28.3 Å². The van der Waals surface area contributed by atoms with Gasteiger partial charge in [-0.25, -0.2) is 14.7 Å². The SMILES string of the molecule is CN(C(=O)OCc1ccccc1)c1ccccc1-c1n[nH]c(=O)[nH]1. The lowest BCUT2D eigenvalue weighted by molar-refractivity contribution is 0.148. The normalized spacial score (nSPS) is 10.4. The fourth-order valence-corrected chi connectivity index (χ4v) is 2.28. The zero-order chi connectivity index (χ0) is 16.9. The second kappa shape index (κ2) is 6.82. The molecule has 2 N–H and O–H groups in total. The van der Waals surface area contributed by atoms with Gasteiger partial charge in [-0.2, -0.15) is 5.10 Å². The molecule has 0 saturated carbocycles. The van der Waals surface area contributed by atoms with E-state index in [1.54, 1.807) is 31.3 Å². The number of amides is 1. The first-order chi connectivity index (χ1) is 11.6. The van der Waals surface area contributed by atoms with Crippen molar-refractivity contribution in [3.63, 3.8) is 0 Å². The number of benzene rings is 2. The van der Waals surface area contributed by atoms with Crippen molar-refractivity contribution in [1.29, 1.82) is 0 Å². The van der Waals surface area contributed by atoms with Gasteiger partial charge in [0.1, 0.15) is 6.61 Å². The van der Waals surface area contributed by atoms with Gasteiger partial charge in [-0.3, -0.25) is 9.88 Å². The first kappa shape index (κ1) is 15.5. The molecule has 1 heterocycles. The third kappa shape index (κ3) is 3.35. The molecule has 0 bridgehead atoms. The molecule has 0 saturated heterocycles. The predicted octanol–water partition coefficient (Wildman–Crippen LogP) is 2.54. The topological polar surface area (TPSA) is 91.1 Å². The number of carbonyl (C=O) groups is 1. The number of rotatable bonds is 4. The molecule has 3 rings (SSSR count). The molecule has 2 aromatic carbocycles. The predicted molar refractivity (Wildman–Crippen MR) is 89.7 cm³/mol. The summed E-state index contributed by atoms with van der Waals surface area (Å²) in [5, 5.41) is 6.22. The van der Waals surface area contributed by atoms with E-state index in [-0.39, 0.29) is 6.61 Å². The van der Waals surface area contributed by atoms with Crippen molar-refractivity contribution in [2.45, 2.75) is 6.61 Å². The van der Waals surface area contributed by atoms with Crippen molar-refractivity contribution in [2.24, 2.45) is 0 Å². The average molecular weight is 324 g/mol. The summed E-state index contributed by atoms with van der Waals surface area (Å²) < 4.78 is 5.33. The van der Waals surface area contributed by atoms with Gasteiger partial charge in [-0.1, -0.05) is 42.5 Å². The van der Waals surface area contributed by atoms with E-state index in [1.165, 1.54) is 4.90 Å². The maximum absolute atomic E-state index is 12.3.